The Morgan fingerprint density at radius 2 is 1.44 bits per heavy atom. The predicted molar refractivity (Wildman–Crippen MR) is 107 cm³/mol. The largest absolute Gasteiger partial charge is 0.494 e. The molecule has 1 aromatic rings. The van der Waals surface area contributed by atoms with Crippen molar-refractivity contribution in [2.75, 3.05) is 13.2 Å². The average Bonchev–Trinajstić information content (AvgIpc) is 2.67. The van der Waals surface area contributed by atoms with Crippen LogP contribution in [0.2, 0.25) is 0 Å². The molecule has 1 N–H and O–H groups in total. The number of carbonyl (C=O) groups excluding carboxylic acids is 1. The molecule has 148 valence electrons. The molecule has 0 aliphatic carbocycles. The monoisotopic (exact) mass is 374 g/mol. The van der Waals surface area contributed by atoms with Crippen molar-refractivity contribution in [1.82, 2.24) is 0 Å². The van der Waals surface area contributed by atoms with Crippen molar-refractivity contribution in [2.45, 2.75) is 51.4 Å². The van der Waals surface area contributed by atoms with Gasteiger partial charge in [0.1, 0.15) is 5.75 Å². The van der Waals surface area contributed by atoms with Gasteiger partial charge in [-0.2, -0.15) is 0 Å². The zero-order chi connectivity index (χ0) is 19.7. The molecule has 0 aliphatic heterocycles. The van der Waals surface area contributed by atoms with Crippen LogP contribution in [0.5, 0.6) is 5.75 Å². The molecule has 0 saturated heterocycles. The van der Waals surface area contributed by atoms with Crippen LogP contribution in [0.3, 0.4) is 0 Å². The van der Waals surface area contributed by atoms with Gasteiger partial charge >= 0.3 is 11.9 Å². The standard InChI is InChI=1S/C22H30O5/c1-2-22(25)27-18-10-8-6-4-3-5-7-9-17-26-20-14-11-19(12-15-20)13-16-21(23)24/h2,11-16H,1,3-10,17-18H2,(H,23,24). The van der Waals surface area contributed by atoms with Crippen molar-refractivity contribution in [3.8, 4) is 5.75 Å². The molecular formula is C22H30O5. The summed E-state index contributed by atoms with van der Waals surface area (Å²) in [7, 11) is 0. The van der Waals surface area contributed by atoms with E-state index in [1.807, 2.05) is 24.3 Å². The topological polar surface area (TPSA) is 72.8 Å². The number of aliphatic carboxylic acids is 1. The summed E-state index contributed by atoms with van der Waals surface area (Å²) in [5, 5.41) is 8.59. The Morgan fingerprint density at radius 3 is 2.00 bits per heavy atom. The van der Waals surface area contributed by atoms with E-state index in [0.29, 0.717) is 13.2 Å². The van der Waals surface area contributed by atoms with Gasteiger partial charge in [-0.05, 0) is 36.6 Å². The van der Waals surface area contributed by atoms with Crippen molar-refractivity contribution in [3.05, 3.63) is 48.6 Å². The molecule has 0 amide bonds. The number of carboxylic acid groups (broad SMARTS) is 1. The maximum Gasteiger partial charge on any atom is 0.330 e. The van der Waals surface area contributed by atoms with Crippen molar-refractivity contribution in [2.24, 2.45) is 0 Å². The lowest BCUT2D eigenvalue weighted by atomic mass is 10.1. The molecule has 0 aliphatic rings. The first kappa shape index (κ1) is 22.5. The number of rotatable bonds is 15. The summed E-state index contributed by atoms with van der Waals surface area (Å²) in [6.45, 7) is 4.54. The third kappa shape index (κ3) is 12.4. The first-order valence-electron chi connectivity index (χ1n) is 9.55. The van der Waals surface area contributed by atoms with E-state index in [1.165, 1.54) is 31.8 Å². The fraction of sp³-hybridized carbons (Fsp3) is 0.455. The van der Waals surface area contributed by atoms with Crippen LogP contribution in [-0.2, 0) is 14.3 Å². The second-order valence-corrected chi connectivity index (χ2v) is 6.29. The second kappa shape index (κ2) is 14.6. The summed E-state index contributed by atoms with van der Waals surface area (Å²) in [5.74, 6) is -0.493. The third-order valence-electron chi connectivity index (χ3n) is 4.02. The Hall–Kier alpha value is -2.56. The summed E-state index contributed by atoms with van der Waals surface area (Å²) in [6.07, 6.45) is 12.8. The molecule has 0 atom stereocenters. The lowest BCUT2D eigenvalue weighted by molar-refractivity contribution is -0.138. The summed E-state index contributed by atoms with van der Waals surface area (Å²) in [4.78, 5) is 21.3. The van der Waals surface area contributed by atoms with E-state index in [4.69, 9.17) is 14.6 Å². The van der Waals surface area contributed by atoms with Gasteiger partial charge in [0.15, 0.2) is 0 Å². The highest BCUT2D eigenvalue weighted by molar-refractivity contribution is 5.85. The molecule has 0 spiro atoms. The lowest BCUT2D eigenvalue weighted by Gasteiger charge is -2.06. The van der Waals surface area contributed by atoms with E-state index in [1.54, 1.807) is 6.08 Å². The van der Waals surface area contributed by atoms with Crippen molar-refractivity contribution in [1.29, 1.82) is 0 Å². The number of esters is 1. The molecule has 5 heteroatoms. The maximum atomic E-state index is 10.9. The molecule has 0 fully saturated rings. The number of benzene rings is 1. The highest BCUT2D eigenvalue weighted by atomic mass is 16.5. The van der Waals surface area contributed by atoms with Gasteiger partial charge in [0, 0.05) is 12.2 Å². The quantitative estimate of drug-likeness (QED) is 0.265. The first-order chi connectivity index (χ1) is 13.1. The van der Waals surface area contributed by atoms with Gasteiger partial charge in [-0.3, -0.25) is 0 Å². The molecule has 27 heavy (non-hydrogen) atoms. The number of carboxylic acids is 1. The van der Waals surface area contributed by atoms with E-state index in [-0.39, 0.29) is 5.97 Å². The Labute approximate surface area is 161 Å². The molecule has 0 saturated carbocycles. The normalized spacial score (nSPS) is 10.7. The van der Waals surface area contributed by atoms with Gasteiger partial charge in [0.05, 0.1) is 13.2 Å². The number of carbonyl (C=O) groups is 2. The average molecular weight is 374 g/mol. The van der Waals surface area contributed by atoms with E-state index in [0.717, 1.165) is 43.1 Å². The van der Waals surface area contributed by atoms with Gasteiger partial charge in [-0.15, -0.1) is 0 Å². The Bertz CT molecular complexity index is 589. The van der Waals surface area contributed by atoms with Crippen molar-refractivity contribution in [3.63, 3.8) is 0 Å². The summed E-state index contributed by atoms with van der Waals surface area (Å²) >= 11 is 0. The number of hydrogen-bond donors (Lipinski definition) is 1. The number of ether oxygens (including phenoxy) is 2. The van der Waals surface area contributed by atoms with Crippen LogP contribution in [0.4, 0.5) is 0 Å². The summed E-state index contributed by atoms with van der Waals surface area (Å²) in [5.41, 5.74) is 0.837. The predicted octanol–water partition coefficient (Wildman–Crippen LogP) is 5.01. The first-order valence-corrected chi connectivity index (χ1v) is 9.55. The minimum absolute atomic E-state index is 0.344. The fourth-order valence-corrected chi connectivity index (χ4v) is 2.53. The zero-order valence-corrected chi connectivity index (χ0v) is 15.9. The zero-order valence-electron chi connectivity index (χ0n) is 15.9. The molecule has 5 nitrogen and oxygen atoms in total. The SMILES string of the molecule is C=CC(=O)OCCCCCCCCCCOc1ccc(C=CC(=O)O)cc1. The van der Waals surface area contributed by atoms with Gasteiger partial charge in [-0.25, -0.2) is 9.59 Å². The fourth-order valence-electron chi connectivity index (χ4n) is 2.53. The van der Waals surface area contributed by atoms with Crippen LogP contribution in [0.25, 0.3) is 6.08 Å². The molecule has 1 rings (SSSR count). The molecule has 0 heterocycles. The molecule has 1 aromatic carbocycles. The van der Waals surface area contributed by atoms with Crippen LogP contribution < -0.4 is 4.74 Å². The highest BCUT2D eigenvalue weighted by Crippen LogP contribution is 2.14. The van der Waals surface area contributed by atoms with E-state index >= 15 is 0 Å². The van der Waals surface area contributed by atoms with Crippen LogP contribution in [-0.4, -0.2) is 30.3 Å². The maximum absolute atomic E-state index is 10.9. The van der Waals surface area contributed by atoms with E-state index < -0.39 is 5.97 Å². The Kier molecular flexibility index (Phi) is 12.2. The number of unbranched alkanes of at least 4 members (excludes halogenated alkanes) is 7. The van der Waals surface area contributed by atoms with Crippen molar-refractivity contribution < 1.29 is 24.2 Å². The van der Waals surface area contributed by atoms with Crippen LogP contribution in [0.1, 0.15) is 56.9 Å². The smallest absolute Gasteiger partial charge is 0.330 e. The minimum atomic E-state index is -0.954. The van der Waals surface area contributed by atoms with E-state index in [2.05, 4.69) is 6.58 Å². The summed E-state index contributed by atoms with van der Waals surface area (Å²) < 4.78 is 10.6. The second-order valence-electron chi connectivity index (χ2n) is 6.29. The third-order valence-corrected chi connectivity index (χ3v) is 4.02. The minimum Gasteiger partial charge on any atom is -0.494 e. The molecular weight excluding hydrogens is 344 g/mol. The van der Waals surface area contributed by atoms with Gasteiger partial charge in [-0.1, -0.05) is 57.2 Å². The van der Waals surface area contributed by atoms with E-state index in [9.17, 15) is 9.59 Å². The Morgan fingerprint density at radius 1 is 0.889 bits per heavy atom. The van der Waals surface area contributed by atoms with Crippen molar-refractivity contribution >= 4 is 18.0 Å². The summed E-state index contributed by atoms with van der Waals surface area (Å²) in [6, 6.07) is 7.39. The van der Waals surface area contributed by atoms with Gasteiger partial charge in [0.25, 0.3) is 0 Å². The lowest BCUT2D eigenvalue weighted by Crippen LogP contribution is -2.01. The molecule has 0 radical (unpaired) electrons. The van der Waals surface area contributed by atoms with Gasteiger partial charge in [0.2, 0.25) is 0 Å². The van der Waals surface area contributed by atoms with Gasteiger partial charge < -0.3 is 14.6 Å². The van der Waals surface area contributed by atoms with Crippen LogP contribution in [0.15, 0.2) is 43.0 Å². The molecule has 0 aromatic heterocycles. The Balaban J connectivity index is 1.95. The highest BCUT2D eigenvalue weighted by Gasteiger charge is 1.97. The van der Waals surface area contributed by atoms with Crippen LogP contribution >= 0.6 is 0 Å². The molecule has 0 bridgehead atoms. The molecule has 0 unspecified atom stereocenters. The number of hydrogen-bond acceptors (Lipinski definition) is 4. The van der Waals surface area contributed by atoms with Crippen LogP contribution in [0, 0.1) is 0 Å².